The summed E-state index contributed by atoms with van der Waals surface area (Å²) in [5.74, 6) is -2.29. The molecule has 4 rings (SSSR count). The van der Waals surface area contributed by atoms with Gasteiger partial charge in [-0.15, -0.1) is 0 Å². The Morgan fingerprint density at radius 2 is 1.50 bits per heavy atom. The fraction of sp³-hybridized carbons (Fsp3) is 0.545. The second-order valence-corrected chi connectivity index (χ2v) is 10.7. The van der Waals surface area contributed by atoms with Gasteiger partial charge in [0.2, 0.25) is 17.6 Å². The predicted octanol–water partition coefficient (Wildman–Crippen LogP) is 3.28. The number of hydrogen-bond donors (Lipinski definition) is 0. The first-order chi connectivity index (χ1) is 14.1. The van der Waals surface area contributed by atoms with Crippen molar-refractivity contribution in [2.45, 2.75) is 49.0 Å². The molecule has 1 aliphatic heterocycles. The maximum Gasteiger partial charge on any atom is 0.329 e. The van der Waals surface area contributed by atoms with Crippen LogP contribution in [0.5, 0.6) is 0 Å². The largest absolute Gasteiger partial charge is 0.453 e. The lowest BCUT2D eigenvalue weighted by molar-refractivity contribution is -0.160. The van der Waals surface area contributed by atoms with Crippen LogP contribution in [0.1, 0.15) is 36.2 Å². The van der Waals surface area contributed by atoms with Gasteiger partial charge in [0.25, 0.3) is 0 Å². The second kappa shape index (κ2) is 7.86. The zero-order valence-electron chi connectivity index (χ0n) is 16.9. The summed E-state index contributed by atoms with van der Waals surface area (Å²) in [5, 5.41) is 0. The molecule has 0 radical (unpaired) electrons. The van der Waals surface area contributed by atoms with Crippen LogP contribution in [0.25, 0.3) is 0 Å². The molecule has 0 N–H and O–H groups in total. The Morgan fingerprint density at radius 3 is 2.00 bits per heavy atom. The molecule has 1 aromatic rings. The lowest BCUT2D eigenvalue weighted by atomic mass is 9.81. The van der Waals surface area contributed by atoms with Gasteiger partial charge < -0.3 is 4.74 Å². The summed E-state index contributed by atoms with van der Waals surface area (Å²) in [4.78, 5) is 52.7. The van der Waals surface area contributed by atoms with Crippen LogP contribution in [0.2, 0.25) is 0 Å². The van der Waals surface area contributed by atoms with Crippen molar-refractivity contribution < 1.29 is 23.9 Å². The Labute approximate surface area is 192 Å². The van der Waals surface area contributed by atoms with Crippen molar-refractivity contribution >= 4 is 55.4 Å². The Balaban J connectivity index is 1.45. The monoisotopic (exact) mass is 539 g/mol. The van der Waals surface area contributed by atoms with Crippen molar-refractivity contribution in [3.05, 3.63) is 35.4 Å². The summed E-state index contributed by atoms with van der Waals surface area (Å²) in [7, 11) is 0. The van der Waals surface area contributed by atoms with E-state index in [1.54, 1.807) is 12.1 Å². The smallest absolute Gasteiger partial charge is 0.329 e. The number of ether oxygens (including phenoxy) is 1. The number of nitrogens with zero attached hydrogens (tertiary/aromatic N) is 1. The lowest BCUT2D eigenvalue weighted by Gasteiger charge is -2.28. The molecule has 1 aromatic carbocycles. The summed E-state index contributed by atoms with van der Waals surface area (Å²) >= 11 is 7.30. The van der Waals surface area contributed by atoms with E-state index in [1.807, 2.05) is 19.1 Å². The van der Waals surface area contributed by atoms with E-state index in [2.05, 4.69) is 31.9 Å². The van der Waals surface area contributed by atoms with Crippen LogP contribution in [-0.2, 0) is 19.1 Å². The number of hydrogen-bond acceptors (Lipinski definition) is 5. The van der Waals surface area contributed by atoms with Gasteiger partial charge in [-0.1, -0.05) is 61.7 Å². The third-order valence-corrected chi connectivity index (χ3v) is 9.95. The minimum Gasteiger partial charge on any atom is -0.453 e. The van der Waals surface area contributed by atoms with E-state index in [1.165, 1.54) is 13.8 Å². The maximum atomic E-state index is 13.1. The number of carbonyl (C=O) groups is 4. The van der Waals surface area contributed by atoms with Crippen LogP contribution < -0.4 is 0 Å². The highest BCUT2D eigenvalue weighted by atomic mass is 79.9. The van der Waals surface area contributed by atoms with Crippen molar-refractivity contribution in [3.8, 4) is 0 Å². The van der Waals surface area contributed by atoms with E-state index in [0.717, 1.165) is 16.9 Å². The number of fused-ring (bicyclic) bond motifs is 5. The van der Waals surface area contributed by atoms with E-state index >= 15 is 0 Å². The fourth-order valence-electron chi connectivity index (χ4n) is 5.14. The average molecular weight is 541 g/mol. The summed E-state index contributed by atoms with van der Waals surface area (Å²) in [6.45, 7) is 4.91. The van der Waals surface area contributed by atoms with Crippen molar-refractivity contribution in [1.29, 1.82) is 0 Å². The fourth-order valence-corrected chi connectivity index (χ4v) is 7.01. The molecule has 0 aromatic heterocycles. The van der Waals surface area contributed by atoms with Crippen LogP contribution >= 0.6 is 31.9 Å². The average Bonchev–Trinajstić information content (AvgIpc) is 3.32. The normalized spacial score (nSPS) is 34.1. The van der Waals surface area contributed by atoms with E-state index in [9.17, 15) is 19.2 Å². The van der Waals surface area contributed by atoms with Crippen LogP contribution in [0.15, 0.2) is 24.3 Å². The SMILES string of the molecule is Cc1ccc(C(=O)[C@@H](C)OC(=O)[C@@H](C)N2C(=O)[C@@H]3[C@@H]4C[C@H]([C@H](Br)[C@@H]4Br)[C@@H]3C2=O)cc1. The molecule has 160 valence electrons. The molecular weight excluding hydrogens is 518 g/mol. The Morgan fingerprint density at radius 1 is 1.00 bits per heavy atom. The topological polar surface area (TPSA) is 80.8 Å². The number of imide groups is 1. The van der Waals surface area contributed by atoms with Crippen LogP contribution in [0.3, 0.4) is 0 Å². The van der Waals surface area contributed by atoms with E-state index in [0.29, 0.717) is 5.56 Å². The minimum absolute atomic E-state index is 0.0797. The number of ketones is 1. The number of carbonyl (C=O) groups excluding carboxylic acids is 4. The number of benzene rings is 1. The zero-order valence-corrected chi connectivity index (χ0v) is 20.1. The quantitative estimate of drug-likeness (QED) is 0.248. The molecular formula is C22H23Br2NO5. The number of likely N-dealkylation sites (tertiary alicyclic amines) is 1. The Hall–Kier alpha value is -1.54. The van der Waals surface area contributed by atoms with Crippen molar-refractivity contribution in [1.82, 2.24) is 4.90 Å². The molecule has 8 atom stereocenters. The van der Waals surface area contributed by atoms with Gasteiger partial charge in [0.05, 0.1) is 11.8 Å². The third kappa shape index (κ3) is 3.27. The molecule has 2 saturated carbocycles. The van der Waals surface area contributed by atoms with Gasteiger partial charge in [-0.25, -0.2) is 4.79 Å². The number of halogens is 2. The third-order valence-electron chi connectivity index (χ3n) is 6.75. The van der Waals surface area contributed by atoms with Crippen molar-refractivity contribution in [2.24, 2.45) is 23.7 Å². The van der Waals surface area contributed by atoms with Crippen molar-refractivity contribution in [3.63, 3.8) is 0 Å². The highest BCUT2D eigenvalue weighted by Crippen LogP contribution is 2.60. The van der Waals surface area contributed by atoms with Gasteiger partial charge in [-0.2, -0.15) is 0 Å². The second-order valence-electron chi connectivity index (χ2n) is 8.54. The van der Waals surface area contributed by atoms with Gasteiger partial charge in [-0.3, -0.25) is 19.3 Å². The summed E-state index contributed by atoms with van der Waals surface area (Å²) in [6, 6.07) is 5.93. The molecule has 0 unspecified atom stereocenters. The van der Waals surface area contributed by atoms with E-state index in [-0.39, 0.29) is 50.9 Å². The van der Waals surface area contributed by atoms with Crippen LogP contribution in [0.4, 0.5) is 0 Å². The van der Waals surface area contributed by atoms with E-state index < -0.39 is 18.1 Å². The summed E-state index contributed by atoms with van der Waals surface area (Å²) in [6.07, 6.45) is -0.182. The first kappa shape index (κ1) is 21.7. The molecule has 3 aliphatic rings. The molecule has 30 heavy (non-hydrogen) atoms. The van der Waals surface area contributed by atoms with Crippen LogP contribution in [0, 0.1) is 30.6 Å². The molecule has 1 heterocycles. The zero-order chi connectivity index (χ0) is 21.9. The van der Waals surface area contributed by atoms with Gasteiger partial charge >= 0.3 is 5.97 Å². The highest BCUT2D eigenvalue weighted by molar-refractivity contribution is 9.12. The molecule has 3 fully saturated rings. The molecule has 2 amide bonds. The van der Waals surface area contributed by atoms with Gasteiger partial charge in [0.1, 0.15) is 6.04 Å². The predicted molar refractivity (Wildman–Crippen MR) is 116 cm³/mol. The van der Waals surface area contributed by atoms with Gasteiger partial charge in [0.15, 0.2) is 6.10 Å². The molecule has 6 nitrogen and oxygen atoms in total. The minimum atomic E-state index is -1.06. The molecule has 8 heteroatoms. The molecule has 0 spiro atoms. The number of esters is 1. The molecule has 2 aliphatic carbocycles. The lowest BCUT2D eigenvalue weighted by Crippen LogP contribution is -2.46. The van der Waals surface area contributed by atoms with E-state index in [4.69, 9.17) is 4.74 Å². The summed E-state index contributed by atoms with van der Waals surface area (Å²) in [5.41, 5.74) is 1.46. The standard InChI is InChI=1S/C22H23Br2NO5/c1-9-4-6-12(7-5-9)19(26)11(3)30-22(29)10(2)25-20(27)15-13-8-14(16(15)21(25)28)18(24)17(13)23/h4-7,10-11,13-18H,8H2,1-3H3/t10-,11-,13+,14+,15-,16+,17-,18+/m1/s1. The number of amides is 2. The van der Waals surface area contributed by atoms with Crippen molar-refractivity contribution in [2.75, 3.05) is 0 Å². The number of aryl methyl sites for hydroxylation is 1. The Bertz CT molecular complexity index is 885. The maximum absolute atomic E-state index is 13.1. The first-order valence-corrected chi connectivity index (χ1v) is 11.9. The van der Waals surface area contributed by atoms with Crippen LogP contribution in [-0.4, -0.2) is 50.3 Å². The molecule has 1 saturated heterocycles. The van der Waals surface area contributed by atoms with Gasteiger partial charge in [-0.05, 0) is 39.0 Å². The Kier molecular flexibility index (Phi) is 5.68. The number of alkyl halides is 2. The first-order valence-electron chi connectivity index (χ1n) is 10.1. The molecule has 2 bridgehead atoms. The highest BCUT2D eigenvalue weighted by Gasteiger charge is 2.67. The number of rotatable bonds is 5. The number of Topliss-reactive ketones (excluding diaryl/α,β-unsaturated/α-hetero) is 1. The van der Waals surface area contributed by atoms with Gasteiger partial charge in [0, 0.05) is 15.2 Å². The summed E-state index contributed by atoms with van der Waals surface area (Å²) < 4.78 is 5.35.